The van der Waals surface area contributed by atoms with Crippen LogP contribution in [-0.4, -0.2) is 27.5 Å². The molecule has 0 aliphatic carbocycles. The highest BCUT2D eigenvalue weighted by atomic mass is 32.2. The van der Waals surface area contributed by atoms with Crippen molar-refractivity contribution in [3.8, 4) is 0 Å². The van der Waals surface area contributed by atoms with Crippen molar-refractivity contribution in [1.29, 1.82) is 0 Å². The number of hydrogen-bond donors (Lipinski definition) is 0. The smallest absolute Gasteiger partial charge is 0.268 e. The number of carbonyl (C=O) groups excluding carboxylic acids is 2. The average Bonchev–Trinajstić information content (AvgIpc) is 2.67. The number of nitro benzene ring substituents is 1. The van der Waals surface area contributed by atoms with E-state index in [0.29, 0.717) is 5.56 Å². The molecule has 1 fully saturated rings. The molecule has 1 aromatic carbocycles. The van der Waals surface area contributed by atoms with Crippen molar-refractivity contribution in [3.05, 3.63) is 57.5 Å². The number of hydrogen-bond acceptors (Lipinski definition) is 5. The van der Waals surface area contributed by atoms with Crippen LogP contribution < -0.4 is 0 Å². The van der Waals surface area contributed by atoms with E-state index in [4.69, 9.17) is 0 Å². The first-order valence-corrected chi connectivity index (χ1v) is 6.45. The first-order valence-electron chi connectivity index (χ1n) is 5.63. The predicted molar refractivity (Wildman–Crippen MR) is 76.0 cm³/mol. The Morgan fingerprint density at radius 3 is 2.80 bits per heavy atom. The highest BCUT2D eigenvalue weighted by Crippen LogP contribution is 2.32. The van der Waals surface area contributed by atoms with Gasteiger partial charge in [0, 0.05) is 18.7 Å². The van der Waals surface area contributed by atoms with Crippen molar-refractivity contribution in [2.75, 3.05) is 6.54 Å². The fourth-order valence-corrected chi connectivity index (χ4v) is 2.51. The molecule has 1 aliphatic rings. The second kappa shape index (κ2) is 5.70. The molecule has 0 bridgehead atoms. The van der Waals surface area contributed by atoms with E-state index in [2.05, 4.69) is 6.58 Å². The molecule has 6 nitrogen and oxygen atoms in total. The Morgan fingerprint density at radius 1 is 1.40 bits per heavy atom. The molecule has 102 valence electrons. The zero-order valence-corrected chi connectivity index (χ0v) is 11.1. The molecule has 0 spiro atoms. The fraction of sp³-hybridized carbons (Fsp3) is 0.0769. The van der Waals surface area contributed by atoms with Crippen LogP contribution in [-0.2, 0) is 4.79 Å². The molecule has 0 saturated carbocycles. The maximum atomic E-state index is 12.0. The molecule has 1 heterocycles. The Bertz CT molecular complexity index is 639. The number of non-ortho nitro benzene ring substituents is 1. The predicted octanol–water partition coefficient (Wildman–Crippen LogP) is 2.82. The Kier molecular flexibility index (Phi) is 3.99. The lowest BCUT2D eigenvalue weighted by Crippen LogP contribution is -2.27. The van der Waals surface area contributed by atoms with Crippen LogP contribution in [0.1, 0.15) is 5.56 Å². The van der Waals surface area contributed by atoms with Gasteiger partial charge in [0.2, 0.25) is 0 Å². The first-order chi connectivity index (χ1) is 9.52. The van der Waals surface area contributed by atoms with E-state index in [1.807, 2.05) is 0 Å². The normalized spacial score (nSPS) is 16.8. The molecular weight excluding hydrogens is 280 g/mol. The van der Waals surface area contributed by atoms with Crippen LogP contribution in [0.3, 0.4) is 0 Å². The Balaban J connectivity index is 2.30. The quantitative estimate of drug-likeness (QED) is 0.368. The summed E-state index contributed by atoms with van der Waals surface area (Å²) in [5.41, 5.74) is 0.437. The van der Waals surface area contributed by atoms with E-state index in [1.165, 1.54) is 30.4 Å². The largest absolute Gasteiger partial charge is 0.293 e. The minimum atomic E-state index is -0.513. The Labute approximate surface area is 118 Å². The third-order valence-corrected chi connectivity index (χ3v) is 3.47. The van der Waals surface area contributed by atoms with Crippen LogP contribution in [0.4, 0.5) is 10.5 Å². The van der Waals surface area contributed by atoms with Gasteiger partial charge in [-0.3, -0.25) is 24.6 Å². The summed E-state index contributed by atoms with van der Waals surface area (Å²) < 4.78 is 0. The topological polar surface area (TPSA) is 80.5 Å². The number of thioether (sulfide) groups is 1. The van der Waals surface area contributed by atoms with Gasteiger partial charge in [-0.1, -0.05) is 18.2 Å². The molecule has 7 heteroatoms. The third kappa shape index (κ3) is 2.77. The van der Waals surface area contributed by atoms with Gasteiger partial charge in [0.05, 0.1) is 9.83 Å². The minimum Gasteiger partial charge on any atom is -0.268 e. The summed E-state index contributed by atoms with van der Waals surface area (Å²) >= 11 is 0.812. The van der Waals surface area contributed by atoms with Crippen molar-refractivity contribution in [2.24, 2.45) is 0 Å². The van der Waals surface area contributed by atoms with Crippen LogP contribution in [0.15, 0.2) is 41.8 Å². The molecule has 0 N–H and O–H groups in total. The van der Waals surface area contributed by atoms with Gasteiger partial charge in [0.1, 0.15) is 0 Å². The van der Waals surface area contributed by atoms with E-state index < -0.39 is 10.8 Å². The van der Waals surface area contributed by atoms with E-state index in [-0.39, 0.29) is 22.4 Å². The second-order valence-electron chi connectivity index (χ2n) is 3.93. The lowest BCUT2D eigenvalue weighted by molar-refractivity contribution is -0.384. The van der Waals surface area contributed by atoms with E-state index >= 15 is 0 Å². The molecule has 0 unspecified atom stereocenters. The van der Waals surface area contributed by atoms with Crippen LogP contribution in [0.5, 0.6) is 0 Å². The molecular formula is C13H10N2O4S. The molecule has 2 amide bonds. The lowest BCUT2D eigenvalue weighted by atomic mass is 10.2. The summed E-state index contributed by atoms with van der Waals surface area (Å²) in [7, 11) is 0. The standard InChI is InChI=1S/C13H10N2O4S/c1-2-6-14-12(16)11(20-13(14)17)8-9-4-3-5-10(7-9)15(18)19/h2-5,7-8H,1,6H2/b11-8+. The number of nitrogens with zero attached hydrogens (tertiary/aromatic N) is 2. The Morgan fingerprint density at radius 2 is 2.15 bits per heavy atom. The monoisotopic (exact) mass is 290 g/mol. The summed E-state index contributed by atoms with van der Waals surface area (Å²) in [6.45, 7) is 3.63. The SMILES string of the molecule is C=CCN1C(=O)S/C(=C/c2cccc([N+](=O)[O-])c2)C1=O. The molecule has 1 saturated heterocycles. The zero-order valence-electron chi connectivity index (χ0n) is 10.3. The highest BCUT2D eigenvalue weighted by Gasteiger charge is 2.34. The highest BCUT2D eigenvalue weighted by molar-refractivity contribution is 8.18. The van der Waals surface area contributed by atoms with Crippen molar-refractivity contribution < 1.29 is 14.5 Å². The molecule has 1 aliphatic heterocycles. The summed E-state index contributed by atoms with van der Waals surface area (Å²) in [5, 5.41) is 10.3. The van der Waals surface area contributed by atoms with E-state index in [0.717, 1.165) is 16.7 Å². The average molecular weight is 290 g/mol. The number of nitro groups is 1. The van der Waals surface area contributed by atoms with Gasteiger partial charge in [0.25, 0.3) is 16.8 Å². The van der Waals surface area contributed by atoms with Crippen molar-refractivity contribution in [2.45, 2.75) is 0 Å². The van der Waals surface area contributed by atoms with Gasteiger partial charge in [-0.15, -0.1) is 6.58 Å². The van der Waals surface area contributed by atoms with Crippen LogP contribution in [0, 0.1) is 10.1 Å². The minimum absolute atomic E-state index is 0.0657. The van der Waals surface area contributed by atoms with Gasteiger partial charge in [-0.2, -0.15) is 0 Å². The lowest BCUT2D eigenvalue weighted by Gasteiger charge is -2.07. The molecule has 20 heavy (non-hydrogen) atoms. The number of carbonyl (C=O) groups is 2. The third-order valence-electron chi connectivity index (χ3n) is 2.56. The van der Waals surface area contributed by atoms with Crippen molar-refractivity contribution in [3.63, 3.8) is 0 Å². The molecule has 1 aromatic rings. The Hall–Kier alpha value is -2.41. The van der Waals surface area contributed by atoms with Gasteiger partial charge in [0.15, 0.2) is 0 Å². The van der Waals surface area contributed by atoms with Crippen molar-refractivity contribution >= 4 is 34.7 Å². The first kappa shape index (κ1) is 14.0. The maximum Gasteiger partial charge on any atom is 0.293 e. The summed E-state index contributed by atoms with van der Waals surface area (Å²) in [6, 6.07) is 5.87. The van der Waals surface area contributed by atoms with Crippen LogP contribution in [0.2, 0.25) is 0 Å². The molecule has 0 radical (unpaired) electrons. The van der Waals surface area contributed by atoms with Gasteiger partial charge in [-0.05, 0) is 23.4 Å². The number of imide groups is 1. The summed E-state index contributed by atoms with van der Waals surface area (Å²) in [6.07, 6.45) is 2.94. The van der Waals surface area contributed by atoms with Gasteiger partial charge < -0.3 is 0 Å². The maximum absolute atomic E-state index is 12.0. The number of benzene rings is 1. The van der Waals surface area contributed by atoms with Gasteiger partial charge in [-0.25, -0.2) is 0 Å². The van der Waals surface area contributed by atoms with Crippen molar-refractivity contribution in [1.82, 2.24) is 4.90 Å². The molecule has 0 aromatic heterocycles. The number of amides is 2. The van der Waals surface area contributed by atoms with Crippen LogP contribution >= 0.6 is 11.8 Å². The molecule has 2 rings (SSSR count). The van der Waals surface area contributed by atoms with Crippen LogP contribution in [0.25, 0.3) is 6.08 Å². The summed E-state index contributed by atoms with van der Waals surface area (Å²) in [4.78, 5) is 35.1. The second-order valence-corrected chi connectivity index (χ2v) is 4.93. The van der Waals surface area contributed by atoms with E-state index in [1.54, 1.807) is 6.07 Å². The summed E-state index contributed by atoms with van der Waals surface area (Å²) in [5.74, 6) is -0.411. The number of rotatable bonds is 4. The molecule has 0 atom stereocenters. The van der Waals surface area contributed by atoms with E-state index in [9.17, 15) is 19.7 Å². The fourth-order valence-electron chi connectivity index (χ4n) is 1.67. The zero-order chi connectivity index (χ0) is 14.7. The van der Waals surface area contributed by atoms with Gasteiger partial charge >= 0.3 is 0 Å².